The minimum absolute atomic E-state index is 0.0123. The fourth-order valence-corrected chi connectivity index (χ4v) is 11.8. The number of fused-ring (bicyclic) bond motifs is 5. The molecule has 0 bridgehead atoms. The van der Waals surface area contributed by atoms with Gasteiger partial charge in [0.05, 0.1) is 35.1 Å². The Morgan fingerprint density at radius 2 is 1.67 bits per heavy atom. The molecule has 0 unspecified atom stereocenters. The number of methoxy groups -OCH3 is 1. The zero-order chi connectivity index (χ0) is 38.0. The number of carbonyl (C=O) groups excluding carboxylic acids is 1. The van der Waals surface area contributed by atoms with Gasteiger partial charge in [0.1, 0.15) is 6.61 Å². The van der Waals surface area contributed by atoms with E-state index in [9.17, 15) is 48.6 Å². The van der Waals surface area contributed by atoms with Gasteiger partial charge in [-0.1, -0.05) is 70.9 Å². The van der Waals surface area contributed by atoms with Gasteiger partial charge in [-0.2, -0.15) is 13.2 Å². The van der Waals surface area contributed by atoms with Crippen molar-refractivity contribution in [1.82, 2.24) is 0 Å². The lowest BCUT2D eigenvalue weighted by Crippen LogP contribution is -2.75. The Balaban J connectivity index is 1.28. The summed E-state index contributed by atoms with van der Waals surface area (Å²) in [6, 6.07) is 6.53. The molecular formula is C39H59F3O9. The number of aliphatic hydroxyl groups excluding tert-OH is 3. The van der Waals surface area contributed by atoms with Crippen LogP contribution < -0.4 is 0 Å². The van der Waals surface area contributed by atoms with Crippen LogP contribution in [0.4, 0.5) is 13.2 Å². The molecule has 6 N–H and O–H groups in total. The topological polar surface area (TPSA) is 157 Å². The van der Waals surface area contributed by atoms with Crippen molar-refractivity contribution >= 4 is 5.97 Å². The highest BCUT2D eigenvalue weighted by atomic mass is 19.4. The number of esters is 1. The monoisotopic (exact) mass is 728 g/mol. The molecule has 12 heteroatoms. The Labute approximate surface area is 299 Å². The van der Waals surface area contributed by atoms with Crippen LogP contribution in [0.2, 0.25) is 0 Å². The predicted octanol–water partition coefficient (Wildman–Crippen LogP) is 5.02. The van der Waals surface area contributed by atoms with Gasteiger partial charge >= 0.3 is 12.1 Å². The number of carbonyl (C=O) groups is 1. The molecule has 4 aliphatic carbocycles. The van der Waals surface area contributed by atoms with E-state index < -0.39 is 87.7 Å². The van der Waals surface area contributed by atoms with E-state index in [2.05, 4.69) is 13.8 Å². The predicted molar refractivity (Wildman–Crippen MR) is 182 cm³/mol. The van der Waals surface area contributed by atoms with Gasteiger partial charge in [0.25, 0.3) is 5.60 Å². The molecule has 4 saturated carbocycles. The van der Waals surface area contributed by atoms with Crippen LogP contribution in [0.3, 0.4) is 0 Å². The molecule has 9 nitrogen and oxygen atoms in total. The Kier molecular flexibility index (Phi) is 10.9. The number of alkyl halides is 3. The van der Waals surface area contributed by atoms with Crippen LogP contribution in [-0.4, -0.2) is 91.6 Å². The molecule has 0 aliphatic heterocycles. The fourth-order valence-electron chi connectivity index (χ4n) is 11.8. The lowest BCUT2D eigenvalue weighted by molar-refractivity contribution is -0.315. The van der Waals surface area contributed by atoms with E-state index in [0.717, 1.165) is 19.2 Å². The summed E-state index contributed by atoms with van der Waals surface area (Å²) in [5.41, 5.74) is -9.72. The normalized spacial score (nSPS) is 41.6. The maximum atomic E-state index is 14.4. The molecular weight excluding hydrogens is 669 g/mol. The molecule has 1 aromatic rings. The van der Waals surface area contributed by atoms with Crippen molar-refractivity contribution in [3.05, 3.63) is 35.9 Å². The Bertz CT molecular complexity index is 1390. The van der Waals surface area contributed by atoms with E-state index in [-0.39, 0.29) is 30.6 Å². The van der Waals surface area contributed by atoms with Crippen molar-refractivity contribution in [3.8, 4) is 0 Å². The molecule has 0 aromatic heterocycles. The highest BCUT2D eigenvalue weighted by molar-refractivity contribution is 5.82. The van der Waals surface area contributed by atoms with Crippen molar-refractivity contribution in [2.75, 3.05) is 13.7 Å². The second-order valence-electron chi connectivity index (χ2n) is 17.3. The van der Waals surface area contributed by atoms with Gasteiger partial charge in [-0.25, -0.2) is 4.79 Å². The first-order valence-electron chi connectivity index (χ1n) is 18.6. The minimum atomic E-state index is -5.13. The number of hydrogen-bond acceptors (Lipinski definition) is 9. The van der Waals surface area contributed by atoms with E-state index in [4.69, 9.17) is 9.47 Å². The highest BCUT2D eigenvalue weighted by Gasteiger charge is 2.74. The summed E-state index contributed by atoms with van der Waals surface area (Å²) < 4.78 is 53.2. The van der Waals surface area contributed by atoms with E-state index in [0.29, 0.717) is 51.4 Å². The summed E-state index contributed by atoms with van der Waals surface area (Å²) in [5.74, 6) is -2.99. The number of hydrogen-bond donors (Lipinski definition) is 6. The van der Waals surface area contributed by atoms with E-state index in [1.807, 2.05) is 13.8 Å². The van der Waals surface area contributed by atoms with Gasteiger partial charge in [-0.3, -0.25) is 0 Å². The lowest BCUT2D eigenvalue weighted by atomic mass is 9.40. The molecule has 51 heavy (non-hydrogen) atoms. The van der Waals surface area contributed by atoms with Gasteiger partial charge in [-0.05, 0) is 74.5 Å². The third kappa shape index (κ3) is 6.26. The van der Waals surface area contributed by atoms with Gasteiger partial charge in [0.15, 0.2) is 0 Å². The van der Waals surface area contributed by atoms with Crippen molar-refractivity contribution < 1.29 is 58.1 Å². The van der Waals surface area contributed by atoms with Crippen LogP contribution in [0.15, 0.2) is 30.3 Å². The maximum absolute atomic E-state index is 14.4. The minimum Gasteiger partial charge on any atom is -0.460 e. The third-order valence-corrected chi connectivity index (χ3v) is 14.6. The standard InChI is InChI=1S/C39H59F3O9/c1-7-24(35(5,47)22-51-32(46)38(50-6,39(40,41)42)25-11-9-8-10-12-25)14-13-23(2)27-19-28(44)31-33(27,3)17-16-29-34(4)18-15-26(43)20-37(34,49)30(45)21-36(29,31)48/h8-12,23-24,26-31,43-45,47-49H,7,13-22H2,1-6H3/t23-,24-,26+,27-,28+,29-,30-,31-,33-,34-,35+,36+,37+,38+/m1/s1. The Morgan fingerprint density at radius 3 is 2.25 bits per heavy atom. The van der Waals surface area contributed by atoms with Crippen LogP contribution in [0.25, 0.3) is 0 Å². The number of halogens is 3. The van der Waals surface area contributed by atoms with Crippen molar-refractivity contribution in [2.45, 2.75) is 146 Å². The number of ether oxygens (including phenoxy) is 2. The van der Waals surface area contributed by atoms with Crippen LogP contribution in [0, 0.1) is 40.4 Å². The van der Waals surface area contributed by atoms with Crippen LogP contribution in [0.5, 0.6) is 0 Å². The zero-order valence-electron chi connectivity index (χ0n) is 30.8. The summed E-state index contributed by atoms with van der Waals surface area (Å²) >= 11 is 0. The summed E-state index contributed by atoms with van der Waals surface area (Å²) in [4.78, 5) is 13.2. The quantitative estimate of drug-likeness (QED) is 0.172. The summed E-state index contributed by atoms with van der Waals surface area (Å²) in [6.07, 6.45) is -3.79. The molecule has 1 aromatic carbocycles. The molecule has 0 amide bonds. The molecule has 0 spiro atoms. The highest BCUT2D eigenvalue weighted by Crippen LogP contribution is 2.70. The number of benzene rings is 1. The Hall–Kier alpha value is -1.80. The second-order valence-corrected chi connectivity index (χ2v) is 17.3. The summed E-state index contributed by atoms with van der Waals surface area (Å²) in [5, 5.41) is 69.3. The average Bonchev–Trinajstić information content (AvgIpc) is 3.33. The summed E-state index contributed by atoms with van der Waals surface area (Å²) in [6.45, 7) is 8.74. The zero-order valence-corrected chi connectivity index (χ0v) is 30.8. The molecule has 14 atom stereocenters. The lowest BCUT2D eigenvalue weighted by Gasteiger charge is -2.68. The van der Waals surface area contributed by atoms with E-state index in [1.54, 1.807) is 0 Å². The molecule has 0 radical (unpaired) electrons. The second kappa shape index (κ2) is 13.8. The number of rotatable bonds is 11. The average molecular weight is 729 g/mol. The summed E-state index contributed by atoms with van der Waals surface area (Å²) in [7, 11) is 0.796. The third-order valence-electron chi connectivity index (χ3n) is 14.6. The van der Waals surface area contributed by atoms with Crippen molar-refractivity contribution in [2.24, 2.45) is 40.4 Å². The largest absolute Gasteiger partial charge is 0.460 e. The fraction of sp³-hybridized carbons (Fsp3) is 0.821. The van der Waals surface area contributed by atoms with Crippen molar-refractivity contribution in [3.63, 3.8) is 0 Å². The van der Waals surface area contributed by atoms with Gasteiger partial charge in [0.2, 0.25) is 0 Å². The van der Waals surface area contributed by atoms with Crippen LogP contribution in [0.1, 0.15) is 104 Å². The smallest absolute Gasteiger partial charge is 0.432 e. The number of aliphatic hydroxyl groups is 6. The molecule has 4 fully saturated rings. The van der Waals surface area contributed by atoms with E-state index in [1.165, 1.54) is 25.1 Å². The first-order valence-corrected chi connectivity index (χ1v) is 18.6. The molecule has 0 heterocycles. The molecule has 0 saturated heterocycles. The van der Waals surface area contributed by atoms with Crippen LogP contribution >= 0.6 is 0 Å². The van der Waals surface area contributed by atoms with Crippen LogP contribution in [-0.2, 0) is 19.9 Å². The first-order chi connectivity index (χ1) is 23.6. The van der Waals surface area contributed by atoms with Gasteiger partial charge in [-0.15, -0.1) is 0 Å². The van der Waals surface area contributed by atoms with Crippen molar-refractivity contribution in [1.29, 1.82) is 0 Å². The Morgan fingerprint density at radius 1 is 1.02 bits per heavy atom. The maximum Gasteiger partial charge on any atom is 0.432 e. The van der Waals surface area contributed by atoms with E-state index >= 15 is 0 Å². The molecule has 4 aliphatic rings. The van der Waals surface area contributed by atoms with Gasteiger partial charge < -0.3 is 40.1 Å². The molecule has 5 rings (SSSR count). The molecule has 290 valence electrons. The van der Waals surface area contributed by atoms with Gasteiger partial charge in [0, 0.05) is 36.8 Å². The first kappa shape index (κ1) is 40.4. The SMILES string of the molecule is CC[C@H](CC[C@@H](C)[C@H]1C[C@H](O)[C@@H]2[C@]1(C)CC[C@H]1[C@@]2(O)C[C@@H](O)[C@@]2(O)C[C@@H](O)CC[C@]12C)[C@@](C)(O)COC(=O)[C@@](OC)(c1ccccc1)C(F)(F)F.